The van der Waals surface area contributed by atoms with Crippen molar-refractivity contribution < 1.29 is 18.0 Å². The van der Waals surface area contributed by atoms with Crippen LogP contribution in [0.2, 0.25) is 0 Å². The van der Waals surface area contributed by atoms with E-state index in [1.807, 2.05) is 0 Å². The van der Waals surface area contributed by atoms with Gasteiger partial charge in [-0.05, 0) is 19.1 Å². The van der Waals surface area contributed by atoms with E-state index in [4.69, 9.17) is 0 Å². The zero-order chi connectivity index (χ0) is 11.9. The van der Waals surface area contributed by atoms with E-state index in [9.17, 15) is 18.0 Å². The lowest BCUT2D eigenvalue weighted by Gasteiger charge is -2.12. The highest BCUT2D eigenvalue weighted by molar-refractivity contribution is 7.90. The highest BCUT2D eigenvalue weighted by Crippen LogP contribution is 2.29. The average Bonchev–Trinajstić information content (AvgIpc) is 2.41. The summed E-state index contributed by atoms with van der Waals surface area (Å²) in [6.45, 7) is 0.835. The van der Waals surface area contributed by atoms with E-state index in [0.717, 1.165) is 0 Å². The molecule has 84 valence electrons. The third-order valence-electron chi connectivity index (χ3n) is 2.28. The molecular formula is C10H9NO4S. The molecule has 1 aliphatic rings. The smallest absolute Gasteiger partial charge is 0.269 e. The van der Waals surface area contributed by atoms with E-state index in [1.165, 1.54) is 19.1 Å². The van der Waals surface area contributed by atoms with Gasteiger partial charge in [0.2, 0.25) is 0 Å². The number of ketones is 1. The normalized spacial score (nSPS) is 17.3. The summed E-state index contributed by atoms with van der Waals surface area (Å²) >= 11 is 0. The Hall–Kier alpha value is -1.69. The third-order valence-corrected chi connectivity index (χ3v) is 4.07. The Morgan fingerprint density at radius 3 is 2.50 bits per heavy atom. The highest BCUT2D eigenvalue weighted by Gasteiger charge is 2.41. The van der Waals surface area contributed by atoms with Crippen molar-refractivity contribution in [2.24, 2.45) is 0 Å². The molecule has 5 nitrogen and oxygen atoms in total. The molecule has 1 aromatic rings. The van der Waals surface area contributed by atoms with Crippen LogP contribution in [0.5, 0.6) is 0 Å². The second-order valence-corrected chi connectivity index (χ2v) is 5.35. The van der Waals surface area contributed by atoms with Gasteiger partial charge in [-0.25, -0.2) is 12.7 Å². The Balaban J connectivity index is 2.58. The molecule has 1 heterocycles. The van der Waals surface area contributed by atoms with Gasteiger partial charge < -0.3 is 0 Å². The van der Waals surface area contributed by atoms with Crippen LogP contribution < -0.4 is 0 Å². The van der Waals surface area contributed by atoms with E-state index in [-0.39, 0.29) is 16.2 Å². The van der Waals surface area contributed by atoms with Crippen LogP contribution in [-0.2, 0) is 14.8 Å². The van der Waals surface area contributed by atoms with Crippen molar-refractivity contribution in [3.8, 4) is 0 Å². The summed E-state index contributed by atoms with van der Waals surface area (Å²) in [5.41, 5.74) is 0.128. The molecule has 0 saturated heterocycles. The van der Waals surface area contributed by atoms with E-state index in [1.54, 1.807) is 12.1 Å². The molecule has 0 N–H and O–H groups in total. The molecule has 0 fully saturated rings. The number of amides is 1. The van der Waals surface area contributed by atoms with E-state index in [0.29, 0.717) is 4.31 Å². The molecule has 1 aromatic carbocycles. The number of nitrogens with zero attached hydrogens (tertiary/aromatic N) is 1. The number of hydrogen-bond acceptors (Lipinski definition) is 4. The minimum Gasteiger partial charge on any atom is -0.298 e. The van der Waals surface area contributed by atoms with Gasteiger partial charge in [0.15, 0.2) is 0 Å². The summed E-state index contributed by atoms with van der Waals surface area (Å²) in [5, 5.41) is 0. The fourth-order valence-corrected chi connectivity index (χ4v) is 3.18. The molecule has 16 heavy (non-hydrogen) atoms. The Bertz CT molecular complexity index is 576. The first-order valence-corrected chi connectivity index (χ1v) is 6.04. The van der Waals surface area contributed by atoms with Gasteiger partial charge in [0.25, 0.3) is 15.9 Å². The van der Waals surface area contributed by atoms with Gasteiger partial charge in [0.1, 0.15) is 10.7 Å². The molecule has 2 rings (SSSR count). The van der Waals surface area contributed by atoms with Gasteiger partial charge in [-0.3, -0.25) is 9.59 Å². The monoisotopic (exact) mass is 239 g/mol. The summed E-state index contributed by atoms with van der Waals surface area (Å²) in [6, 6.07) is 5.93. The number of carbonyl (C=O) groups excluding carboxylic acids is 2. The first-order valence-electron chi connectivity index (χ1n) is 4.60. The number of fused-ring (bicyclic) bond motifs is 1. The number of carbonyl (C=O) groups is 2. The van der Waals surface area contributed by atoms with Crippen molar-refractivity contribution in [3.63, 3.8) is 0 Å². The second kappa shape index (κ2) is 3.41. The van der Waals surface area contributed by atoms with Crippen molar-refractivity contribution in [2.75, 3.05) is 6.54 Å². The van der Waals surface area contributed by atoms with Gasteiger partial charge >= 0.3 is 0 Å². The first kappa shape index (κ1) is 10.8. The second-order valence-electron chi connectivity index (χ2n) is 3.52. The molecule has 0 radical (unpaired) electrons. The van der Waals surface area contributed by atoms with Crippen molar-refractivity contribution in [2.45, 2.75) is 11.8 Å². The lowest BCUT2D eigenvalue weighted by atomic mass is 10.2. The van der Waals surface area contributed by atoms with Crippen LogP contribution in [0.4, 0.5) is 0 Å². The fourth-order valence-electron chi connectivity index (χ4n) is 1.59. The van der Waals surface area contributed by atoms with E-state index < -0.39 is 22.5 Å². The van der Waals surface area contributed by atoms with Crippen LogP contribution in [0, 0.1) is 0 Å². The van der Waals surface area contributed by atoms with Gasteiger partial charge in [0, 0.05) is 0 Å². The quantitative estimate of drug-likeness (QED) is 0.749. The first-order chi connectivity index (χ1) is 7.44. The van der Waals surface area contributed by atoms with Crippen LogP contribution in [-0.4, -0.2) is 31.0 Å². The number of sulfonamides is 1. The summed E-state index contributed by atoms with van der Waals surface area (Å²) in [5.74, 6) is -1.00. The van der Waals surface area contributed by atoms with Crippen LogP contribution >= 0.6 is 0 Å². The van der Waals surface area contributed by atoms with E-state index >= 15 is 0 Å². The maximum absolute atomic E-state index is 11.9. The van der Waals surface area contributed by atoms with E-state index in [2.05, 4.69) is 0 Å². The maximum Gasteiger partial charge on any atom is 0.269 e. The summed E-state index contributed by atoms with van der Waals surface area (Å²) in [6.07, 6.45) is 0. The molecule has 0 spiro atoms. The van der Waals surface area contributed by atoms with Gasteiger partial charge in [0.05, 0.1) is 12.1 Å². The van der Waals surface area contributed by atoms with Crippen molar-refractivity contribution in [1.82, 2.24) is 4.31 Å². The van der Waals surface area contributed by atoms with Gasteiger partial charge in [-0.1, -0.05) is 12.1 Å². The van der Waals surface area contributed by atoms with Crippen LogP contribution in [0.15, 0.2) is 29.2 Å². The molecule has 0 unspecified atom stereocenters. The summed E-state index contributed by atoms with van der Waals surface area (Å²) < 4.78 is 24.4. The number of Topliss-reactive ketones (excluding diaryl/α,β-unsaturated/α-hetero) is 1. The summed E-state index contributed by atoms with van der Waals surface area (Å²) in [7, 11) is -3.83. The zero-order valence-electron chi connectivity index (χ0n) is 8.50. The lowest BCUT2D eigenvalue weighted by molar-refractivity contribution is -0.116. The molecular weight excluding hydrogens is 230 g/mol. The maximum atomic E-state index is 11.9. The molecule has 0 aliphatic carbocycles. The van der Waals surface area contributed by atoms with Crippen LogP contribution in [0.1, 0.15) is 17.3 Å². The lowest BCUT2D eigenvalue weighted by Crippen LogP contribution is -2.34. The minimum atomic E-state index is -3.83. The topological polar surface area (TPSA) is 71.5 Å². The van der Waals surface area contributed by atoms with Crippen molar-refractivity contribution in [1.29, 1.82) is 0 Å². The van der Waals surface area contributed by atoms with Crippen molar-refractivity contribution >= 4 is 21.7 Å². The molecule has 0 saturated carbocycles. The molecule has 0 atom stereocenters. The Kier molecular flexibility index (Phi) is 2.31. The molecule has 6 heteroatoms. The third kappa shape index (κ3) is 1.42. The Morgan fingerprint density at radius 1 is 1.31 bits per heavy atom. The zero-order valence-corrected chi connectivity index (χ0v) is 9.32. The minimum absolute atomic E-state index is 0.0266. The number of rotatable bonds is 2. The predicted molar refractivity (Wildman–Crippen MR) is 55.3 cm³/mol. The van der Waals surface area contributed by atoms with Gasteiger partial charge in [-0.15, -0.1) is 0 Å². The Labute approximate surface area is 92.7 Å². The number of benzene rings is 1. The van der Waals surface area contributed by atoms with Crippen LogP contribution in [0.25, 0.3) is 0 Å². The van der Waals surface area contributed by atoms with Crippen molar-refractivity contribution in [3.05, 3.63) is 29.8 Å². The standard InChI is InChI=1S/C10H9NO4S/c1-7(12)6-11-10(13)8-4-2-3-5-9(8)16(11,14)15/h2-5H,6H2,1H3. The highest BCUT2D eigenvalue weighted by atomic mass is 32.2. The molecule has 0 aromatic heterocycles. The summed E-state index contributed by atoms with van der Waals surface area (Å²) in [4.78, 5) is 22.6. The number of hydrogen-bond donors (Lipinski definition) is 0. The van der Waals surface area contributed by atoms with Crippen LogP contribution in [0.3, 0.4) is 0 Å². The largest absolute Gasteiger partial charge is 0.298 e. The fraction of sp³-hybridized carbons (Fsp3) is 0.200. The average molecular weight is 239 g/mol. The Morgan fingerprint density at radius 2 is 1.94 bits per heavy atom. The molecule has 1 amide bonds. The predicted octanol–water partition coefficient (Wildman–Crippen LogP) is 0.420. The van der Waals surface area contributed by atoms with Gasteiger partial charge in [-0.2, -0.15) is 0 Å². The molecule has 1 aliphatic heterocycles. The SMILES string of the molecule is CC(=O)CN1C(=O)c2ccccc2S1(=O)=O. The molecule has 0 bridgehead atoms.